The van der Waals surface area contributed by atoms with E-state index in [4.69, 9.17) is 0 Å². The molecule has 3 rings (SSSR count). The average molecular weight is 244 g/mol. The summed E-state index contributed by atoms with van der Waals surface area (Å²) in [6, 6.07) is 9.74. The molecule has 2 aliphatic rings. The fraction of sp³-hybridized carbons (Fsp3) is 0.625. The highest BCUT2D eigenvalue weighted by molar-refractivity contribution is 5.48. The van der Waals surface area contributed by atoms with E-state index in [9.17, 15) is 0 Å². The van der Waals surface area contributed by atoms with Crippen molar-refractivity contribution in [3.05, 3.63) is 29.8 Å². The molecule has 0 aromatic heterocycles. The van der Waals surface area contributed by atoms with E-state index >= 15 is 0 Å². The van der Waals surface area contributed by atoms with Gasteiger partial charge in [-0.1, -0.05) is 19.1 Å². The van der Waals surface area contributed by atoms with Gasteiger partial charge in [0.1, 0.15) is 0 Å². The molecule has 1 saturated heterocycles. The number of aryl methyl sites for hydroxylation is 1. The summed E-state index contributed by atoms with van der Waals surface area (Å²) in [6.45, 7) is 8.09. The summed E-state index contributed by atoms with van der Waals surface area (Å²) in [7, 11) is 0. The molecule has 1 aliphatic carbocycles. The number of benzene rings is 1. The van der Waals surface area contributed by atoms with Gasteiger partial charge in [-0.2, -0.15) is 0 Å². The monoisotopic (exact) mass is 244 g/mol. The third kappa shape index (κ3) is 2.39. The molecule has 2 fully saturated rings. The molecule has 1 aromatic rings. The van der Waals surface area contributed by atoms with Crippen molar-refractivity contribution in [3.63, 3.8) is 0 Å². The molecule has 2 heteroatoms. The molecule has 98 valence electrons. The van der Waals surface area contributed by atoms with Gasteiger partial charge in [0.2, 0.25) is 0 Å². The number of hydrogen-bond acceptors (Lipinski definition) is 2. The molecule has 0 bridgehead atoms. The van der Waals surface area contributed by atoms with Crippen LogP contribution >= 0.6 is 0 Å². The minimum atomic E-state index is 0.578. The molecule has 1 unspecified atom stereocenters. The standard InChI is InChI=1S/C16H24N2/c1-3-14-4-6-15(7-5-14)18-10-13(2)17-11-16(12-18)8-9-16/h4-7,13,17H,3,8-12H2,1-2H3. The van der Waals surface area contributed by atoms with Gasteiger partial charge in [0, 0.05) is 36.8 Å². The van der Waals surface area contributed by atoms with Crippen molar-refractivity contribution in [1.29, 1.82) is 0 Å². The van der Waals surface area contributed by atoms with Crippen LogP contribution in [0.15, 0.2) is 24.3 Å². The lowest BCUT2D eigenvalue weighted by Crippen LogP contribution is -2.35. The SMILES string of the molecule is CCc1ccc(N2CC(C)NCC3(CC3)C2)cc1. The summed E-state index contributed by atoms with van der Waals surface area (Å²) in [6.07, 6.45) is 3.93. The van der Waals surface area contributed by atoms with E-state index in [2.05, 4.69) is 48.3 Å². The van der Waals surface area contributed by atoms with E-state index < -0.39 is 0 Å². The predicted octanol–water partition coefficient (Wildman–Crippen LogP) is 2.83. The maximum absolute atomic E-state index is 3.68. The van der Waals surface area contributed by atoms with Crippen LogP contribution in [0, 0.1) is 5.41 Å². The van der Waals surface area contributed by atoms with Crippen molar-refractivity contribution in [3.8, 4) is 0 Å². The molecule has 1 aromatic carbocycles. The number of nitrogens with one attached hydrogen (secondary N) is 1. The van der Waals surface area contributed by atoms with E-state index in [0.717, 1.165) is 13.0 Å². The Morgan fingerprint density at radius 2 is 2.00 bits per heavy atom. The largest absolute Gasteiger partial charge is 0.369 e. The van der Waals surface area contributed by atoms with E-state index in [1.165, 1.54) is 37.2 Å². The van der Waals surface area contributed by atoms with Crippen LogP contribution in [0.25, 0.3) is 0 Å². The van der Waals surface area contributed by atoms with E-state index in [-0.39, 0.29) is 0 Å². The zero-order valence-corrected chi connectivity index (χ0v) is 11.6. The molecule has 1 atom stereocenters. The van der Waals surface area contributed by atoms with Crippen LogP contribution in [-0.2, 0) is 6.42 Å². The molecule has 1 saturated carbocycles. The Morgan fingerprint density at radius 1 is 1.28 bits per heavy atom. The van der Waals surface area contributed by atoms with Gasteiger partial charge in [-0.3, -0.25) is 0 Å². The maximum atomic E-state index is 3.68. The Balaban J connectivity index is 1.79. The van der Waals surface area contributed by atoms with Gasteiger partial charge >= 0.3 is 0 Å². The Morgan fingerprint density at radius 3 is 2.61 bits per heavy atom. The summed E-state index contributed by atoms with van der Waals surface area (Å²) < 4.78 is 0. The summed E-state index contributed by atoms with van der Waals surface area (Å²) >= 11 is 0. The Kier molecular flexibility index (Phi) is 3.06. The van der Waals surface area contributed by atoms with Gasteiger partial charge in [-0.25, -0.2) is 0 Å². The van der Waals surface area contributed by atoms with Crippen LogP contribution in [0.4, 0.5) is 5.69 Å². The lowest BCUT2D eigenvalue weighted by atomic mass is 10.1. The first kappa shape index (κ1) is 12.0. The first-order valence-electron chi connectivity index (χ1n) is 7.28. The van der Waals surface area contributed by atoms with Crippen LogP contribution in [0.5, 0.6) is 0 Å². The van der Waals surface area contributed by atoms with Crippen molar-refractivity contribution in [2.75, 3.05) is 24.5 Å². The molecule has 1 spiro atoms. The first-order valence-corrected chi connectivity index (χ1v) is 7.28. The summed E-state index contributed by atoms with van der Waals surface area (Å²) in [5.74, 6) is 0. The highest BCUT2D eigenvalue weighted by Gasteiger charge is 2.45. The summed E-state index contributed by atoms with van der Waals surface area (Å²) in [5, 5.41) is 3.68. The first-order chi connectivity index (χ1) is 8.71. The fourth-order valence-corrected chi connectivity index (χ4v) is 2.96. The van der Waals surface area contributed by atoms with Gasteiger partial charge in [-0.05, 0) is 43.9 Å². The van der Waals surface area contributed by atoms with Crippen molar-refractivity contribution in [2.24, 2.45) is 5.41 Å². The minimum absolute atomic E-state index is 0.578. The molecular weight excluding hydrogens is 220 g/mol. The Bertz CT molecular complexity index is 406. The molecule has 18 heavy (non-hydrogen) atoms. The second-order valence-electron chi connectivity index (χ2n) is 6.18. The maximum Gasteiger partial charge on any atom is 0.0367 e. The highest BCUT2D eigenvalue weighted by Crippen LogP contribution is 2.47. The smallest absolute Gasteiger partial charge is 0.0367 e. The third-order valence-corrected chi connectivity index (χ3v) is 4.51. The van der Waals surface area contributed by atoms with Crippen LogP contribution in [0.3, 0.4) is 0 Å². The third-order valence-electron chi connectivity index (χ3n) is 4.51. The molecule has 1 aliphatic heterocycles. The van der Waals surface area contributed by atoms with E-state index in [0.29, 0.717) is 11.5 Å². The Labute approximate surface area is 110 Å². The van der Waals surface area contributed by atoms with Crippen molar-refractivity contribution in [2.45, 2.75) is 39.2 Å². The van der Waals surface area contributed by atoms with Gasteiger partial charge in [0.25, 0.3) is 0 Å². The second-order valence-corrected chi connectivity index (χ2v) is 6.18. The lowest BCUT2D eigenvalue weighted by Gasteiger charge is -2.27. The average Bonchev–Trinajstić information content (AvgIpc) is 3.18. The molecule has 2 nitrogen and oxygen atoms in total. The lowest BCUT2D eigenvalue weighted by molar-refractivity contribution is 0.479. The normalized spacial score (nSPS) is 26.1. The van der Waals surface area contributed by atoms with E-state index in [1.807, 2.05) is 0 Å². The van der Waals surface area contributed by atoms with Gasteiger partial charge in [0.15, 0.2) is 0 Å². The van der Waals surface area contributed by atoms with Crippen LogP contribution < -0.4 is 10.2 Å². The van der Waals surface area contributed by atoms with Crippen LogP contribution in [0.1, 0.15) is 32.3 Å². The van der Waals surface area contributed by atoms with Gasteiger partial charge < -0.3 is 10.2 Å². The van der Waals surface area contributed by atoms with Crippen molar-refractivity contribution >= 4 is 5.69 Å². The number of nitrogens with zero attached hydrogens (tertiary/aromatic N) is 1. The number of anilines is 1. The molecule has 0 radical (unpaired) electrons. The zero-order valence-electron chi connectivity index (χ0n) is 11.6. The number of rotatable bonds is 2. The van der Waals surface area contributed by atoms with Gasteiger partial charge in [0.05, 0.1) is 0 Å². The van der Waals surface area contributed by atoms with Crippen molar-refractivity contribution < 1.29 is 0 Å². The summed E-state index contributed by atoms with van der Waals surface area (Å²) in [4.78, 5) is 2.58. The molecule has 0 amide bonds. The second kappa shape index (κ2) is 4.58. The topological polar surface area (TPSA) is 15.3 Å². The number of hydrogen-bond donors (Lipinski definition) is 1. The minimum Gasteiger partial charge on any atom is -0.369 e. The quantitative estimate of drug-likeness (QED) is 0.860. The zero-order chi connectivity index (χ0) is 12.6. The Hall–Kier alpha value is -1.02. The van der Waals surface area contributed by atoms with E-state index in [1.54, 1.807) is 0 Å². The predicted molar refractivity (Wildman–Crippen MR) is 77.2 cm³/mol. The van der Waals surface area contributed by atoms with Gasteiger partial charge in [-0.15, -0.1) is 0 Å². The van der Waals surface area contributed by atoms with Crippen LogP contribution in [0.2, 0.25) is 0 Å². The molecule has 1 N–H and O–H groups in total. The molecule has 1 heterocycles. The van der Waals surface area contributed by atoms with Crippen molar-refractivity contribution in [1.82, 2.24) is 5.32 Å². The summed E-state index contributed by atoms with van der Waals surface area (Å²) in [5.41, 5.74) is 3.41. The fourth-order valence-electron chi connectivity index (χ4n) is 2.96. The van der Waals surface area contributed by atoms with Crippen LogP contribution in [-0.4, -0.2) is 25.7 Å². The molecular formula is C16H24N2. The highest BCUT2D eigenvalue weighted by atomic mass is 15.2.